The Morgan fingerprint density at radius 3 is 2.71 bits per heavy atom. The van der Waals surface area contributed by atoms with Gasteiger partial charge in [0.1, 0.15) is 10.8 Å². The predicted octanol–water partition coefficient (Wildman–Crippen LogP) is 3.16. The van der Waals surface area contributed by atoms with Gasteiger partial charge in [-0.25, -0.2) is 0 Å². The Kier molecular flexibility index (Phi) is 3.47. The van der Waals surface area contributed by atoms with Gasteiger partial charge in [0.15, 0.2) is 0 Å². The minimum atomic E-state index is 0.693. The summed E-state index contributed by atoms with van der Waals surface area (Å²) in [6.45, 7) is 1.10. The second-order valence-electron chi connectivity index (χ2n) is 5.02. The standard InChI is InChI=1S/C12H19N3S2/c13-11-10(9-1-2-9)12(17-15-11)14-7-8-3-5-16-6-4-8/h8-9,14H,1-7H2,(H2,13,15). The van der Waals surface area contributed by atoms with E-state index < -0.39 is 0 Å². The summed E-state index contributed by atoms with van der Waals surface area (Å²) < 4.78 is 4.29. The lowest BCUT2D eigenvalue weighted by Crippen LogP contribution is -2.19. The SMILES string of the molecule is Nc1nsc(NCC2CCSCC2)c1C1CC1. The number of nitrogen functional groups attached to an aromatic ring is 1. The summed E-state index contributed by atoms with van der Waals surface area (Å²) in [6, 6.07) is 0. The number of nitrogens with two attached hydrogens (primary N) is 1. The van der Waals surface area contributed by atoms with E-state index in [1.807, 2.05) is 0 Å². The Bertz CT molecular complexity index is 381. The molecule has 2 aliphatic rings. The molecule has 94 valence electrons. The summed E-state index contributed by atoms with van der Waals surface area (Å²) in [4.78, 5) is 0. The van der Waals surface area contributed by atoms with Crippen molar-refractivity contribution < 1.29 is 0 Å². The molecule has 1 saturated carbocycles. The Balaban J connectivity index is 1.60. The van der Waals surface area contributed by atoms with Crippen molar-refractivity contribution in [2.75, 3.05) is 29.1 Å². The summed E-state index contributed by atoms with van der Waals surface area (Å²) in [7, 11) is 0. The quantitative estimate of drug-likeness (QED) is 0.881. The highest BCUT2D eigenvalue weighted by molar-refractivity contribution is 7.99. The molecule has 1 aromatic heterocycles. The zero-order chi connectivity index (χ0) is 11.7. The van der Waals surface area contributed by atoms with E-state index in [1.165, 1.54) is 47.8 Å². The topological polar surface area (TPSA) is 50.9 Å². The number of aromatic nitrogens is 1. The Morgan fingerprint density at radius 1 is 1.24 bits per heavy atom. The van der Waals surface area contributed by atoms with Crippen LogP contribution in [0.2, 0.25) is 0 Å². The van der Waals surface area contributed by atoms with Crippen molar-refractivity contribution in [3.8, 4) is 0 Å². The van der Waals surface area contributed by atoms with Crippen LogP contribution in [-0.4, -0.2) is 22.4 Å². The number of hydrogen-bond donors (Lipinski definition) is 2. The van der Waals surface area contributed by atoms with Crippen molar-refractivity contribution in [3.05, 3.63) is 5.56 Å². The highest BCUT2D eigenvalue weighted by atomic mass is 32.2. The fourth-order valence-electron chi connectivity index (χ4n) is 2.39. The lowest BCUT2D eigenvalue weighted by Gasteiger charge is -2.21. The van der Waals surface area contributed by atoms with Gasteiger partial charge in [-0.1, -0.05) is 0 Å². The number of rotatable bonds is 4. The van der Waals surface area contributed by atoms with Crippen LogP contribution in [0.5, 0.6) is 0 Å². The lowest BCUT2D eigenvalue weighted by molar-refractivity contribution is 0.516. The van der Waals surface area contributed by atoms with Crippen molar-refractivity contribution >= 4 is 34.1 Å². The van der Waals surface area contributed by atoms with Gasteiger partial charge in [0.05, 0.1) is 0 Å². The third-order valence-electron chi connectivity index (χ3n) is 3.63. The number of nitrogens with zero attached hydrogens (tertiary/aromatic N) is 1. The van der Waals surface area contributed by atoms with Gasteiger partial charge in [0, 0.05) is 12.1 Å². The number of nitrogens with one attached hydrogen (secondary N) is 1. The van der Waals surface area contributed by atoms with E-state index in [0.29, 0.717) is 5.92 Å². The summed E-state index contributed by atoms with van der Waals surface area (Å²) in [6.07, 6.45) is 5.28. The van der Waals surface area contributed by atoms with Gasteiger partial charge in [-0.3, -0.25) is 0 Å². The summed E-state index contributed by atoms with van der Waals surface area (Å²) in [5.74, 6) is 4.95. The van der Waals surface area contributed by atoms with Crippen LogP contribution in [0.3, 0.4) is 0 Å². The molecule has 17 heavy (non-hydrogen) atoms. The molecule has 3 nitrogen and oxygen atoms in total. The highest BCUT2D eigenvalue weighted by Gasteiger charge is 2.30. The van der Waals surface area contributed by atoms with Gasteiger partial charge in [0.25, 0.3) is 0 Å². The van der Waals surface area contributed by atoms with Gasteiger partial charge in [-0.2, -0.15) is 16.1 Å². The molecular weight excluding hydrogens is 250 g/mol. The van der Waals surface area contributed by atoms with Crippen LogP contribution in [0, 0.1) is 5.92 Å². The van der Waals surface area contributed by atoms with Crippen molar-refractivity contribution in [1.82, 2.24) is 4.37 Å². The number of hydrogen-bond acceptors (Lipinski definition) is 5. The maximum Gasteiger partial charge on any atom is 0.142 e. The molecule has 0 aromatic carbocycles. The second kappa shape index (κ2) is 5.06. The zero-order valence-corrected chi connectivity index (χ0v) is 11.6. The monoisotopic (exact) mass is 269 g/mol. The molecule has 1 aliphatic carbocycles. The third-order valence-corrected chi connectivity index (χ3v) is 5.52. The van der Waals surface area contributed by atoms with E-state index >= 15 is 0 Å². The van der Waals surface area contributed by atoms with Crippen LogP contribution in [0.4, 0.5) is 10.8 Å². The first-order chi connectivity index (χ1) is 8.34. The van der Waals surface area contributed by atoms with E-state index in [0.717, 1.165) is 18.3 Å². The predicted molar refractivity (Wildman–Crippen MR) is 77.0 cm³/mol. The first-order valence-electron chi connectivity index (χ1n) is 6.41. The van der Waals surface area contributed by atoms with Gasteiger partial charge < -0.3 is 11.1 Å². The van der Waals surface area contributed by atoms with Crippen LogP contribution in [-0.2, 0) is 0 Å². The van der Waals surface area contributed by atoms with Crippen LogP contribution in [0.1, 0.15) is 37.2 Å². The fourth-order valence-corrected chi connectivity index (χ4v) is 4.40. The largest absolute Gasteiger partial charge is 0.383 e. The van der Waals surface area contributed by atoms with E-state index in [4.69, 9.17) is 5.73 Å². The van der Waals surface area contributed by atoms with Crippen molar-refractivity contribution in [2.45, 2.75) is 31.6 Å². The summed E-state index contributed by atoms with van der Waals surface area (Å²) in [5.41, 5.74) is 7.25. The molecule has 3 N–H and O–H groups in total. The minimum Gasteiger partial charge on any atom is -0.383 e. The first-order valence-corrected chi connectivity index (χ1v) is 8.34. The molecule has 5 heteroatoms. The summed E-state index contributed by atoms with van der Waals surface area (Å²) >= 11 is 3.63. The molecule has 1 aliphatic heterocycles. The molecule has 2 heterocycles. The second-order valence-corrected chi connectivity index (χ2v) is 7.02. The van der Waals surface area contributed by atoms with Gasteiger partial charge >= 0.3 is 0 Å². The lowest BCUT2D eigenvalue weighted by atomic mass is 10.0. The van der Waals surface area contributed by atoms with E-state index in [1.54, 1.807) is 11.5 Å². The molecule has 1 saturated heterocycles. The van der Waals surface area contributed by atoms with E-state index in [9.17, 15) is 0 Å². The summed E-state index contributed by atoms with van der Waals surface area (Å²) in [5, 5.41) is 4.83. The average Bonchev–Trinajstić information content (AvgIpc) is 3.12. The maximum absolute atomic E-state index is 5.95. The number of thioether (sulfide) groups is 1. The van der Waals surface area contributed by atoms with Gasteiger partial charge in [-0.15, -0.1) is 0 Å². The molecule has 2 fully saturated rings. The van der Waals surface area contributed by atoms with Crippen LogP contribution < -0.4 is 11.1 Å². The molecule has 0 bridgehead atoms. The molecule has 1 aromatic rings. The van der Waals surface area contributed by atoms with Crippen molar-refractivity contribution in [2.24, 2.45) is 5.92 Å². The molecule has 0 atom stereocenters. The molecule has 0 unspecified atom stereocenters. The van der Waals surface area contributed by atoms with Crippen molar-refractivity contribution in [1.29, 1.82) is 0 Å². The van der Waals surface area contributed by atoms with Crippen LogP contribution >= 0.6 is 23.3 Å². The molecular formula is C12H19N3S2. The van der Waals surface area contributed by atoms with Crippen molar-refractivity contribution in [3.63, 3.8) is 0 Å². The fraction of sp³-hybridized carbons (Fsp3) is 0.750. The van der Waals surface area contributed by atoms with E-state index in [2.05, 4.69) is 21.5 Å². The average molecular weight is 269 g/mol. The molecule has 0 amide bonds. The Labute approximate surface area is 111 Å². The Morgan fingerprint density at radius 2 is 2.00 bits per heavy atom. The zero-order valence-electron chi connectivity index (χ0n) is 9.95. The molecule has 3 rings (SSSR count). The smallest absolute Gasteiger partial charge is 0.142 e. The van der Waals surface area contributed by atoms with Gasteiger partial charge in [0.2, 0.25) is 0 Å². The maximum atomic E-state index is 5.95. The Hall–Kier alpha value is -0.420. The molecule has 0 spiro atoms. The van der Waals surface area contributed by atoms with E-state index in [-0.39, 0.29) is 0 Å². The molecule has 0 radical (unpaired) electrons. The normalized spacial score (nSPS) is 21.6. The minimum absolute atomic E-state index is 0.693. The van der Waals surface area contributed by atoms with Crippen LogP contribution in [0.15, 0.2) is 0 Å². The van der Waals surface area contributed by atoms with Crippen LogP contribution in [0.25, 0.3) is 0 Å². The first kappa shape index (κ1) is 11.7. The third kappa shape index (κ3) is 2.71. The highest BCUT2D eigenvalue weighted by Crippen LogP contribution is 2.47. The van der Waals surface area contributed by atoms with Gasteiger partial charge in [-0.05, 0) is 60.6 Å². The number of anilines is 2.